The maximum Gasteiger partial charge on any atom is 0.407 e. The van der Waals surface area contributed by atoms with Crippen LogP contribution in [-0.4, -0.2) is 29.6 Å². The van der Waals surface area contributed by atoms with Crippen LogP contribution in [-0.2, 0) is 4.79 Å². The van der Waals surface area contributed by atoms with Gasteiger partial charge in [0.15, 0.2) is 0 Å². The molecular formula is C22H26F5N3O. The maximum absolute atomic E-state index is 15.0. The number of carbonyl (C=O) groups excluding carboxylic acids is 1. The molecule has 0 spiro atoms. The fraction of sp³-hybridized carbons (Fsp3) is 0.636. The molecule has 31 heavy (non-hydrogen) atoms. The number of halogens is 5. The first-order valence-electron chi connectivity index (χ1n) is 10.6. The Labute approximate surface area is 178 Å². The van der Waals surface area contributed by atoms with Crippen molar-refractivity contribution in [2.45, 2.75) is 81.1 Å². The summed E-state index contributed by atoms with van der Waals surface area (Å²) in [6, 6.07) is 4.66. The lowest BCUT2D eigenvalue weighted by atomic mass is 9.82. The molecule has 9 heteroatoms. The van der Waals surface area contributed by atoms with Crippen LogP contribution in [0.2, 0.25) is 0 Å². The van der Waals surface area contributed by atoms with Crippen LogP contribution in [0.5, 0.6) is 0 Å². The predicted octanol–water partition coefficient (Wildman–Crippen LogP) is 5.03. The molecule has 0 radical (unpaired) electrons. The SMILES string of the molecule is N#CC1(NC(=O)[C@H](CC(F)(F)C2CCCCC2)N[C@@H](c2ccccc2)C(F)(F)F)CC1. The van der Waals surface area contributed by atoms with Crippen molar-refractivity contribution >= 4 is 5.91 Å². The number of nitrogens with one attached hydrogen (secondary N) is 2. The second-order valence-corrected chi connectivity index (χ2v) is 8.59. The lowest BCUT2D eigenvalue weighted by molar-refractivity contribution is -0.164. The number of hydrogen-bond donors (Lipinski definition) is 2. The molecule has 2 atom stereocenters. The van der Waals surface area contributed by atoms with E-state index in [-0.39, 0.29) is 18.4 Å². The summed E-state index contributed by atoms with van der Waals surface area (Å²) >= 11 is 0. The van der Waals surface area contributed by atoms with Gasteiger partial charge in [0.25, 0.3) is 5.92 Å². The number of hydrogen-bond acceptors (Lipinski definition) is 3. The van der Waals surface area contributed by atoms with Gasteiger partial charge >= 0.3 is 6.18 Å². The first-order chi connectivity index (χ1) is 14.6. The van der Waals surface area contributed by atoms with E-state index in [1.54, 1.807) is 6.07 Å². The Morgan fingerprint density at radius 2 is 1.71 bits per heavy atom. The van der Waals surface area contributed by atoms with Crippen molar-refractivity contribution in [1.82, 2.24) is 10.6 Å². The lowest BCUT2D eigenvalue weighted by Crippen LogP contribution is -2.54. The van der Waals surface area contributed by atoms with E-state index in [2.05, 4.69) is 10.6 Å². The molecule has 0 aromatic heterocycles. The minimum absolute atomic E-state index is 0.171. The third kappa shape index (κ3) is 5.94. The summed E-state index contributed by atoms with van der Waals surface area (Å²) in [6.07, 6.45) is -2.46. The molecule has 2 aliphatic rings. The first-order valence-corrected chi connectivity index (χ1v) is 10.6. The van der Waals surface area contributed by atoms with E-state index in [1.807, 2.05) is 6.07 Å². The molecule has 0 heterocycles. The molecule has 1 amide bonds. The van der Waals surface area contributed by atoms with Gasteiger partial charge in [0, 0.05) is 12.3 Å². The summed E-state index contributed by atoms with van der Waals surface area (Å²) in [5, 5.41) is 13.7. The van der Waals surface area contributed by atoms with Crippen LogP contribution in [0.1, 0.15) is 63.0 Å². The van der Waals surface area contributed by atoms with Crippen LogP contribution >= 0.6 is 0 Å². The van der Waals surface area contributed by atoms with Crippen LogP contribution in [0.15, 0.2) is 30.3 Å². The van der Waals surface area contributed by atoms with Crippen molar-refractivity contribution in [2.75, 3.05) is 0 Å². The average Bonchev–Trinajstić information content (AvgIpc) is 3.51. The molecule has 2 fully saturated rings. The fourth-order valence-electron chi connectivity index (χ4n) is 4.13. The zero-order chi connectivity index (χ0) is 22.7. The van der Waals surface area contributed by atoms with Gasteiger partial charge in [-0.05, 0) is 31.2 Å². The number of rotatable bonds is 8. The monoisotopic (exact) mass is 443 g/mol. The summed E-state index contributed by atoms with van der Waals surface area (Å²) in [5.74, 6) is -5.27. The highest BCUT2D eigenvalue weighted by Crippen LogP contribution is 2.41. The van der Waals surface area contributed by atoms with Crippen molar-refractivity contribution in [1.29, 1.82) is 5.26 Å². The minimum Gasteiger partial charge on any atom is -0.336 e. The summed E-state index contributed by atoms with van der Waals surface area (Å²) in [5.41, 5.74) is -1.34. The van der Waals surface area contributed by atoms with E-state index < -0.39 is 48.0 Å². The molecule has 2 N–H and O–H groups in total. The molecule has 2 saturated carbocycles. The normalized spacial score (nSPS) is 21.0. The molecule has 4 nitrogen and oxygen atoms in total. The van der Waals surface area contributed by atoms with Crippen molar-refractivity contribution in [2.24, 2.45) is 5.92 Å². The molecule has 0 aliphatic heterocycles. The Hall–Kier alpha value is -2.21. The van der Waals surface area contributed by atoms with E-state index in [0.717, 1.165) is 6.42 Å². The first kappa shape index (κ1) is 23.5. The second-order valence-electron chi connectivity index (χ2n) is 8.59. The smallest absolute Gasteiger partial charge is 0.336 e. The van der Waals surface area contributed by atoms with Crippen LogP contribution in [0.25, 0.3) is 0 Å². The van der Waals surface area contributed by atoms with Gasteiger partial charge in [-0.3, -0.25) is 10.1 Å². The van der Waals surface area contributed by atoms with E-state index >= 15 is 8.78 Å². The van der Waals surface area contributed by atoms with Gasteiger partial charge in [0.05, 0.1) is 12.1 Å². The highest BCUT2D eigenvalue weighted by atomic mass is 19.4. The van der Waals surface area contributed by atoms with Gasteiger partial charge in [-0.15, -0.1) is 0 Å². The third-order valence-corrected chi connectivity index (χ3v) is 6.15. The zero-order valence-corrected chi connectivity index (χ0v) is 17.0. The fourth-order valence-corrected chi connectivity index (χ4v) is 4.13. The van der Waals surface area contributed by atoms with E-state index in [9.17, 15) is 23.2 Å². The molecule has 3 rings (SSSR count). The summed E-state index contributed by atoms with van der Waals surface area (Å²) in [6.45, 7) is 0. The van der Waals surface area contributed by atoms with Crippen LogP contribution < -0.4 is 10.6 Å². The Morgan fingerprint density at radius 3 is 2.23 bits per heavy atom. The summed E-state index contributed by atoms with van der Waals surface area (Å²) in [7, 11) is 0. The quantitative estimate of drug-likeness (QED) is 0.554. The van der Waals surface area contributed by atoms with Crippen molar-refractivity contribution in [3.05, 3.63) is 35.9 Å². The van der Waals surface area contributed by atoms with Gasteiger partial charge in [-0.1, -0.05) is 49.6 Å². The lowest BCUT2D eigenvalue weighted by Gasteiger charge is -2.34. The Morgan fingerprint density at radius 1 is 1.10 bits per heavy atom. The second kappa shape index (κ2) is 9.11. The number of benzene rings is 1. The van der Waals surface area contributed by atoms with Gasteiger partial charge in [0.1, 0.15) is 11.6 Å². The Kier molecular flexibility index (Phi) is 6.89. The van der Waals surface area contributed by atoms with Gasteiger partial charge in [0.2, 0.25) is 5.91 Å². The largest absolute Gasteiger partial charge is 0.407 e. The molecule has 1 aromatic rings. The highest BCUT2D eigenvalue weighted by Gasteiger charge is 2.50. The predicted molar refractivity (Wildman–Crippen MR) is 104 cm³/mol. The molecule has 170 valence electrons. The maximum atomic E-state index is 15.0. The van der Waals surface area contributed by atoms with E-state index in [0.29, 0.717) is 25.7 Å². The summed E-state index contributed by atoms with van der Waals surface area (Å²) < 4.78 is 71.5. The molecule has 0 bridgehead atoms. The van der Waals surface area contributed by atoms with Gasteiger partial charge < -0.3 is 5.32 Å². The number of nitrogens with zero attached hydrogens (tertiary/aromatic N) is 1. The van der Waals surface area contributed by atoms with Crippen molar-refractivity contribution < 1.29 is 26.7 Å². The van der Waals surface area contributed by atoms with Crippen molar-refractivity contribution in [3.8, 4) is 6.07 Å². The van der Waals surface area contributed by atoms with Crippen molar-refractivity contribution in [3.63, 3.8) is 0 Å². The van der Waals surface area contributed by atoms with E-state index in [1.165, 1.54) is 24.3 Å². The van der Waals surface area contributed by atoms with Crippen LogP contribution in [0.3, 0.4) is 0 Å². The number of nitriles is 1. The Balaban J connectivity index is 1.85. The van der Waals surface area contributed by atoms with Crippen LogP contribution in [0.4, 0.5) is 22.0 Å². The number of carbonyl (C=O) groups is 1. The average molecular weight is 443 g/mol. The zero-order valence-electron chi connectivity index (χ0n) is 17.0. The standard InChI is InChI=1S/C22H26F5N3O/c23-21(24,16-9-5-2-6-10-16)13-17(19(31)30-20(14-28)11-12-20)29-18(22(25,26)27)15-7-3-1-4-8-15/h1,3-4,7-8,16-18,29H,2,5-6,9-13H2,(H,30,31)/t17-,18-/m0/s1. The topological polar surface area (TPSA) is 64.9 Å². The minimum atomic E-state index is -4.80. The third-order valence-electron chi connectivity index (χ3n) is 6.15. The Bertz CT molecular complexity index is 796. The molecule has 0 unspecified atom stereocenters. The molecule has 1 aromatic carbocycles. The van der Waals surface area contributed by atoms with Crippen LogP contribution in [0, 0.1) is 17.2 Å². The van der Waals surface area contributed by atoms with Gasteiger partial charge in [-0.25, -0.2) is 8.78 Å². The van der Waals surface area contributed by atoms with Gasteiger partial charge in [-0.2, -0.15) is 18.4 Å². The molecule has 0 saturated heterocycles. The highest BCUT2D eigenvalue weighted by molar-refractivity contribution is 5.83. The van der Waals surface area contributed by atoms with E-state index in [4.69, 9.17) is 0 Å². The molecular weight excluding hydrogens is 417 g/mol. The number of amides is 1. The molecule has 2 aliphatic carbocycles. The number of alkyl halides is 5. The summed E-state index contributed by atoms with van der Waals surface area (Å²) in [4.78, 5) is 12.8.